The zero-order valence-electron chi connectivity index (χ0n) is 37.3. The molecule has 0 spiro atoms. The van der Waals surface area contributed by atoms with Gasteiger partial charge in [-0.25, -0.2) is 15.0 Å². The van der Waals surface area contributed by atoms with E-state index in [2.05, 4.69) is 190 Å². The third-order valence-electron chi connectivity index (χ3n) is 13.8. The molecule has 0 atom stereocenters. The second-order valence-corrected chi connectivity index (χ2v) is 18.7. The highest BCUT2D eigenvalue weighted by atomic mass is 32.1. The van der Waals surface area contributed by atoms with Crippen molar-refractivity contribution >= 4 is 97.1 Å². The van der Waals surface area contributed by atoms with Crippen LogP contribution in [0.2, 0.25) is 0 Å². The van der Waals surface area contributed by atoms with Crippen LogP contribution in [0.3, 0.4) is 0 Å². The summed E-state index contributed by atoms with van der Waals surface area (Å²) in [4.78, 5) is 27.1. The van der Waals surface area contributed by atoms with Crippen LogP contribution in [0.5, 0.6) is 0 Å². The van der Waals surface area contributed by atoms with E-state index < -0.39 is 0 Å². The first-order valence-corrected chi connectivity index (χ1v) is 24.1. The third kappa shape index (κ3) is 5.79. The summed E-state index contributed by atoms with van der Waals surface area (Å²) in [5.41, 5.74) is 11.4. The van der Waals surface area contributed by atoms with Crippen LogP contribution >= 0.6 is 11.3 Å². The number of fused-ring (bicyclic) bond motifs is 13. The van der Waals surface area contributed by atoms with Gasteiger partial charge < -0.3 is 9.13 Å². The van der Waals surface area contributed by atoms with Crippen LogP contribution in [0.4, 0.5) is 0 Å². The SMILES string of the molecule is c1ccc(-c2nc(-c3ccccc3)nc(-n3c4ccc(-c5ncc6c(n5)sc5ccc(-n7c8ccccc8c8ccccc87)cc56)cc4c4ccc5c6ccccc6n(-c6ccccc6)c5c43)n2)cc1. The highest BCUT2D eigenvalue weighted by molar-refractivity contribution is 7.25. The first-order chi connectivity index (χ1) is 34.7. The molecule has 0 radical (unpaired) electrons. The van der Waals surface area contributed by atoms with E-state index in [1.54, 1.807) is 11.3 Å². The Kier molecular flexibility index (Phi) is 8.36. The Morgan fingerprint density at radius 2 is 0.857 bits per heavy atom. The fourth-order valence-electron chi connectivity index (χ4n) is 10.7. The van der Waals surface area contributed by atoms with Crippen LogP contribution in [0.1, 0.15) is 0 Å². The fraction of sp³-hybridized carbons (Fsp3) is 0. The molecule has 326 valence electrons. The molecule has 6 heterocycles. The van der Waals surface area contributed by atoms with Crippen molar-refractivity contribution in [2.24, 2.45) is 0 Å². The van der Waals surface area contributed by atoms with Gasteiger partial charge in [-0.15, -0.1) is 11.3 Å². The summed E-state index contributed by atoms with van der Waals surface area (Å²) < 4.78 is 8.15. The van der Waals surface area contributed by atoms with Crippen LogP contribution in [-0.2, 0) is 0 Å². The Morgan fingerprint density at radius 3 is 1.51 bits per heavy atom. The zero-order valence-corrected chi connectivity index (χ0v) is 38.1. The summed E-state index contributed by atoms with van der Waals surface area (Å²) >= 11 is 1.70. The highest BCUT2D eigenvalue weighted by Crippen LogP contribution is 2.43. The molecule has 15 rings (SSSR count). The van der Waals surface area contributed by atoms with Crippen LogP contribution in [0.25, 0.3) is 137 Å². The van der Waals surface area contributed by atoms with Crippen molar-refractivity contribution in [2.75, 3.05) is 0 Å². The highest BCUT2D eigenvalue weighted by Gasteiger charge is 2.25. The zero-order chi connectivity index (χ0) is 45.9. The van der Waals surface area contributed by atoms with Crippen molar-refractivity contribution < 1.29 is 0 Å². The summed E-state index contributed by atoms with van der Waals surface area (Å²) in [5, 5.41) is 9.07. The van der Waals surface area contributed by atoms with E-state index in [4.69, 9.17) is 24.9 Å². The van der Waals surface area contributed by atoms with Gasteiger partial charge in [0.25, 0.3) is 0 Å². The molecule has 0 amide bonds. The third-order valence-corrected chi connectivity index (χ3v) is 14.9. The lowest BCUT2D eigenvalue weighted by Crippen LogP contribution is -2.07. The molecule has 9 aromatic carbocycles. The molecule has 0 N–H and O–H groups in total. The average molecular weight is 913 g/mol. The Bertz CT molecular complexity index is 4480. The molecule has 15 aromatic rings. The van der Waals surface area contributed by atoms with Gasteiger partial charge in [-0.3, -0.25) is 4.57 Å². The van der Waals surface area contributed by atoms with Crippen molar-refractivity contribution in [3.05, 3.63) is 219 Å². The second-order valence-electron chi connectivity index (χ2n) is 17.7. The molecular weight excluding hydrogens is 877 g/mol. The van der Waals surface area contributed by atoms with Crippen molar-refractivity contribution in [1.82, 2.24) is 38.6 Å². The van der Waals surface area contributed by atoms with Gasteiger partial charge >= 0.3 is 0 Å². The molecule has 0 fully saturated rings. The first kappa shape index (κ1) is 38.8. The van der Waals surface area contributed by atoms with Crippen molar-refractivity contribution in [2.45, 2.75) is 0 Å². The van der Waals surface area contributed by atoms with Gasteiger partial charge in [-0.05, 0) is 66.7 Å². The number of rotatable bonds is 6. The monoisotopic (exact) mass is 912 g/mol. The van der Waals surface area contributed by atoms with Gasteiger partial charge in [0.1, 0.15) is 4.83 Å². The van der Waals surface area contributed by atoms with Crippen LogP contribution < -0.4 is 0 Å². The van der Waals surface area contributed by atoms with Gasteiger partial charge in [-0.2, -0.15) is 9.97 Å². The molecule has 0 saturated heterocycles. The second kappa shape index (κ2) is 15.1. The van der Waals surface area contributed by atoms with Gasteiger partial charge in [0.2, 0.25) is 5.95 Å². The number of thiophene rings is 1. The van der Waals surface area contributed by atoms with Crippen LogP contribution in [-0.4, -0.2) is 38.6 Å². The number of hydrogen-bond acceptors (Lipinski definition) is 6. The first-order valence-electron chi connectivity index (χ1n) is 23.3. The Morgan fingerprint density at radius 1 is 0.314 bits per heavy atom. The van der Waals surface area contributed by atoms with Crippen LogP contribution in [0.15, 0.2) is 219 Å². The van der Waals surface area contributed by atoms with Gasteiger partial charge in [0.05, 0.1) is 33.1 Å². The maximum Gasteiger partial charge on any atom is 0.238 e. The maximum atomic E-state index is 5.33. The molecule has 70 heavy (non-hydrogen) atoms. The van der Waals surface area contributed by atoms with Crippen molar-refractivity contribution in [3.63, 3.8) is 0 Å². The number of para-hydroxylation sites is 4. The lowest BCUT2D eigenvalue weighted by Gasteiger charge is -2.13. The standard InChI is InChI=1S/C61H36N8S/c1-4-16-37(17-5-1)58-63-59(38-18-6-2-7-19-38)66-61(65-58)69-53-32-28-39(34-47(53)46-31-30-45-44-24-12-15-27-52(44)68(55(45)56(46)69)40-20-8-3-9-21-40)57-62-36-49-48-35-41(29-33-54(48)70-60(49)64-57)67-50-25-13-10-22-42(50)43-23-11-14-26-51(43)67/h1-36H. The molecule has 9 heteroatoms. The molecule has 0 unspecified atom stereocenters. The minimum absolute atomic E-state index is 0.529. The number of nitrogens with zero attached hydrogens (tertiary/aromatic N) is 8. The lowest BCUT2D eigenvalue weighted by molar-refractivity contribution is 0.953. The number of benzene rings is 9. The van der Waals surface area contributed by atoms with E-state index in [0.29, 0.717) is 23.4 Å². The summed E-state index contributed by atoms with van der Waals surface area (Å²) in [7, 11) is 0. The van der Waals surface area contributed by atoms with Crippen molar-refractivity contribution in [1.29, 1.82) is 0 Å². The van der Waals surface area contributed by atoms with E-state index in [1.165, 1.54) is 31.9 Å². The predicted octanol–water partition coefficient (Wildman–Crippen LogP) is 15.3. The van der Waals surface area contributed by atoms with Crippen molar-refractivity contribution in [3.8, 4) is 51.5 Å². The van der Waals surface area contributed by atoms with E-state index in [-0.39, 0.29) is 0 Å². The summed E-state index contributed by atoms with van der Waals surface area (Å²) in [6.07, 6.45) is 2.00. The fourth-order valence-corrected chi connectivity index (χ4v) is 11.7. The predicted molar refractivity (Wildman–Crippen MR) is 288 cm³/mol. The molecule has 0 aliphatic rings. The Hall–Kier alpha value is -9.31. The molecule has 0 aliphatic heterocycles. The molecule has 8 nitrogen and oxygen atoms in total. The summed E-state index contributed by atoms with van der Waals surface area (Å²) in [5.74, 6) is 2.39. The normalized spacial score (nSPS) is 12.0. The quantitative estimate of drug-likeness (QED) is 0.166. The number of aromatic nitrogens is 8. The summed E-state index contributed by atoms with van der Waals surface area (Å²) in [6.45, 7) is 0. The topological polar surface area (TPSA) is 79.2 Å². The van der Waals surface area contributed by atoms with Gasteiger partial charge in [-0.1, -0.05) is 146 Å². The largest absolute Gasteiger partial charge is 0.309 e. The molecule has 0 saturated carbocycles. The minimum atomic E-state index is 0.529. The summed E-state index contributed by atoms with van der Waals surface area (Å²) in [6, 6.07) is 74.7. The van der Waals surface area contributed by atoms with E-state index in [9.17, 15) is 0 Å². The molecule has 0 aliphatic carbocycles. The lowest BCUT2D eigenvalue weighted by atomic mass is 10.1. The number of hydrogen-bond donors (Lipinski definition) is 0. The molecule has 6 aromatic heterocycles. The smallest absolute Gasteiger partial charge is 0.238 e. The van der Waals surface area contributed by atoms with E-state index >= 15 is 0 Å². The molecular formula is C61H36N8S. The van der Waals surface area contributed by atoms with E-state index in [1.807, 2.05) is 42.6 Å². The minimum Gasteiger partial charge on any atom is -0.309 e. The Labute approximate surface area is 403 Å². The van der Waals surface area contributed by atoms with Gasteiger partial charge in [0, 0.05) is 82.1 Å². The van der Waals surface area contributed by atoms with Crippen LogP contribution in [0, 0.1) is 0 Å². The maximum absolute atomic E-state index is 5.33. The van der Waals surface area contributed by atoms with E-state index in [0.717, 1.165) is 81.9 Å². The average Bonchev–Trinajstić information content (AvgIpc) is 4.17. The molecule has 0 bridgehead atoms. The van der Waals surface area contributed by atoms with Gasteiger partial charge in [0.15, 0.2) is 17.5 Å². The Balaban J connectivity index is 0.965.